The van der Waals surface area contributed by atoms with E-state index in [1.807, 2.05) is 6.07 Å². The Morgan fingerprint density at radius 2 is 1.52 bits per heavy atom. The van der Waals surface area contributed by atoms with Gasteiger partial charge >= 0.3 is 0 Å². The van der Waals surface area contributed by atoms with Crippen LogP contribution in [0.1, 0.15) is 22.0 Å². The lowest BCUT2D eigenvalue weighted by Crippen LogP contribution is -2.36. The van der Waals surface area contributed by atoms with Crippen molar-refractivity contribution in [1.29, 1.82) is 0 Å². The highest BCUT2D eigenvalue weighted by atomic mass is 35.6. The van der Waals surface area contributed by atoms with Crippen molar-refractivity contribution in [3.8, 4) is 0 Å². The van der Waals surface area contributed by atoms with E-state index in [0.29, 0.717) is 16.1 Å². The second-order valence-electron chi connectivity index (χ2n) is 4.34. The fourth-order valence-corrected chi connectivity index (χ4v) is 2.62. The Labute approximate surface area is 143 Å². The number of hydrogen-bond acceptors (Lipinski definition) is 1. The van der Waals surface area contributed by atoms with Gasteiger partial charge in [-0.25, -0.2) is 0 Å². The van der Waals surface area contributed by atoms with Crippen LogP contribution in [-0.4, -0.2) is 9.70 Å². The number of amides is 1. The Kier molecular flexibility index (Phi) is 5.39. The predicted molar refractivity (Wildman–Crippen MR) is 88.4 cm³/mol. The van der Waals surface area contributed by atoms with Crippen molar-refractivity contribution in [2.45, 2.75) is 9.83 Å². The number of carbonyl (C=O) groups is 1. The highest BCUT2D eigenvalue weighted by Crippen LogP contribution is 2.40. The Hall–Kier alpha value is -0.930. The molecule has 0 heterocycles. The molecule has 21 heavy (non-hydrogen) atoms. The third kappa shape index (κ3) is 4.27. The molecule has 2 nitrogen and oxygen atoms in total. The summed E-state index contributed by atoms with van der Waals surface area (Å²) >= 11 is 24.0. The molecule has 2 aromatic rings. The van der Waals surface area contributed by atoms with Gasteiger partial charge in [0.15, 0.2) is 0 Å². The molecule has 1 amide bonds. The molecule has 0 bridgehead atoms. The lowest BCUT2D eigenvalue weighted by molar-refractivity contribution is 0.0937. The van der Waals surface area contributed by atoms with Crippen LogP contribution < -0.4 is 5.32 Å². The fourth-order valence-electron chi connectivity index (χ4n) is 1.85. The summed E-state index contributed by atoms with van der Waals surface area (Å²) in [4.78, 5) is 12.3. The molecule has 1 atom stereocenters. The zero-order valence-corrected chi connectivity index (χ0v) is 13.7. The van der Waals surface area contributed by atoms with Crippen LogP contribution >= 0.6 is 46.4 Å². The highest BCUT2D eigenvalue weighted by molar-refractivity contribution is 6.68. The first-order chi connectivity index (χ1) is 9.89. The minimum absolute atomic E-state index is 0.328. The van der Waals surface area contributed by atoms with Crippen molar-refractivity contribution < 1.29 is 4.79 Å². The number of alkyl halides is 3. The lowest BCUT2D eigenvalue weighted by Gasteiger charge is -2.26. The molecule has 0 aromatic heterocycles. The van der Waals surface area contributed by atoms with Gasteiger partial charge in [0.05, 0.1) is 10.6 Å². The average Bonchev–Trinajstić information content (AvgIpc) is 2.44. The fraction of sp³-hybridized carbons (Fsp3) is 0.133. The van der Waals surface area contributed by atoms with Gasteiger partial charge in [0.1, 0.15) is 6.04 Å². The third-order valence-corrected chi connectivity index (χ3v) is 3.84. The number of benzene rings is 2. The van der Waals surface area contributed by atoms with E-state index in [4.69, 9.17) is 46.4 Å². The van der Waals surface area contributed by atoms with E-state index >= 15 is 0 Å². The molecular formula is C15H11Cl4NO. The van der Waals surface area contributed by atoms with E-state index in [-0.39, 0.29) is 0 Å². The van der Waals surface area contributed by atoms with Gasteiger partial charge in [0.2, 0.25) is 3.79 Å². The summed E-state index contributed by atoms with van der Waals surface area (Å²) in [6, 6.07) is 14.9. The Balaban J connectivity index is 2.29. The van der Waals surface area contributed by atoms with Crippen molar-refractivity contribution in [3.63, 3.8) is 0 Å². The molecule has 0 aliphatic rings. The van der Waals surface area contributed by atoms with Gasteiger partial charge in [-0.1, -0.05) is 88.9 Å². The van der Waals surface area contributed by atoms with E-state index in [1.165, 1.54) is 0 Å². The summed E-state index contributed by atoms with van der Waals surface area (Å²) < 4.78 is -1.68. The second-order valence-corrected chi connectivity index (χ2v) is 7.11. The summed E-state index contributed by atoms with van der Waals surface area (Å²) in [7, 11) is 0. The van der Waals surface area contributed by atoms with Crippen molar-refractivity contribution >= 4 is 52.3 Å². The number of rotatable bonds is 3. The van der Waals surface area contributed by atoms with Crippen molar-refractivity contribution in [2.75, 3.05) is 0 Å². The molecule has 1 unspecified atom stereocenters. The molecular weight excluding hydrogens is 352 g/mol. The SMILES string of the molecule is O=C(NC(c1ccccc1)C(Cl)(Cl)Cl)c1ccccc1Cl. The van der Waals surface area contributed by atoms with E-state index in [0.717, 1.165) is 0 Å². The van der Waals surface area contributed by atoms with Gasteiger partial charge in [-0.05, 0) is 17.7 Å². The number of nitrogens with one attached hydrogen (secondary N) is 1. The first-order valence-electron chi connectivity index (χ1n) is 6.06. The number of hydrogen-bond donors (Lipinski definition) is 1. The summed E-state index contributed by atoms with van der Waals surface area (Å²) in [5, 5.41) is 3.05. The monoisotopic (exact) mass is 361 g/mol. The highest BCUT2D eigenvalue weighted by Gasteiger charge is 2.35. The molecule has 110 valence electrons. The zero-order valence-electron chi connectivity index (χ0n) is 10.7. The minimum atomic E-state index is -1.68. The van der Waals surface area contributed by atoms with Gasteiger partial charge in [0.25, 0.3) is 5.91 Å². The van der Waals surface area contributed by atoms with Crippen LogP contribution in [0.15, 0.2) is 54.6 Å². The zero-order chi connectivity index (χ0) is 15.5. The second kappa shape index (κ2) is 6.89. The van der Waals surface area contributed by atoms with Gasteiger partial charge in [-0.2, -0.15) is 0 Å². The predicted octanol–water partition coefficient (Wildman–Crippen LogP) is 5.18. The first-order valence-corrected chi connectivity index (χ1v) is 7.58. The molecule has 0 aliphatic carbocycles. The van der Waals surface area contributed by atoms with Crippen LogP contribution in [0.2, 0.25) is 5.02 Å². The van der Waals surface area contributed by atoms with Crippen molar-refractivity contribution in [3.05, 3.63) is 70.7 Å². The van der Waals surface area contributed by atoms with Crippen LogP contribution in [0.3, 0.4) is 0 Å². The summed E-state index contributed by atoms with van der Waals surface area (Å²) in [6.45, 7) is 0. The van der Waals surface area contributed by atoms with Gasteiger partial charge in [0, 0.05) is 0 Å². The first kappa shape index (κ1) is 16.4. The topological polar surface area (TPSA) is 29.1 Å². The molecule has 0 fully saturated rings. The summed E-state index contributed by atoms with van der Waals surface area (Å²) in [5.41, 5.74) is 1.02. The molecule has 0 aliphatic heterocycles. The van der Waals surface area contributed by atoms with E-state index in [2.05, 4.69) is 5.32 Å². The summed E-state index contributed by atoms with van der Waals surface area (Å²) in [5.74, 6) is -0.402. The molecule has 2 aromatic carbocycles. The normalized spacial score (nSPS) is 12.8. The molecule has 0 spiro atoms. The van der Waals surface area contributed by atoms with Gasteiger partial charge in [-0.3, -0.25) is 4.79 Å². The maximum absolute atomic E-state index is 12.3. The van der Waals surface area contributed by atoms with E-state index in [9.17, 15) is 4.79 Å². The minimum Gasteiger partial charge on any atom is -0.341 e. The maximum Gasteiger partial charge on any atom is 0.253 e. The summed E-state index contributed by atoms with van der Waals surface area (Å²) in [6.07, 6.45) is 0. The molecule has 0 saturated heterocycles. The third-order valence-electron chi connectivity index (χ3n) is 2.85. The molecule has 6 heteroatoms. The van der Waals surface area contributed by atoms with Crippen LogP contribution in [-0.2, 0) is 0 Å². The largest absolute Gasteiger partial charge is 0.341 e. The lowest BCUT2D eigenvalue weighted by atomic mass is 10.1. The van der Waals surface area contributed by atoms with Gasteiger partial charge in [-0.15, -0.1) is 0 Å². The standard InChI is InChI=1S/C15H11Cl4NO/c16-12-9-5-4-8-11(12)14(21)20-13(15(17,18)19)10-6-2-1-3-7-10/h1-9,13H,(H,20,21). The Bertz CT molecular complexity index is 625. The van der Waals surface area contributed by atoms with Crippen LogP contribution in [0.4, 0.5) is 0 Å². The van der Waals surface area contributed by atoms with Crippen LogP contribution in [0, 0.1) is 0 Å². The van der Waals surface area contributed by atoms with Crippen LogP contribution in [0.5, 0.6) is 0 Å². The van der Waals surface area contributed by atoms with E-state index < -0.39 is 15.7 Å². The number of halogens is 4. The van der Waals surface area contributed by atoms with Gasteiger partial charge < -0.3 is 5.32 Å². The number of carbonyl (C=O) groups excluding carboxylic acids is 1. The van der Waals surface area contributed by atoms with E-state index in [1.54, 1.807) is 48.5 Å². The Morgan fingerprint density at radius 1 is 0.952 bits per heavy atom. The van der Waals surface area contributed by atoms with Crippen LogP contribution in [0.25, 0.3) is 0 Å². The molecule has 0 saturated carbocycles. The quantitative estimate of drug-likeness (QED) is 0.748. The smallest absolute Gasteiger partial charge is 0.253 e. The Morgan fingerprint density at radius 3 is 2.10 bits per heavy atom. The molecule has 2 rings (SSSR count). The molecule has 0 radical (unpaired) electrons. The van der Waals surface area contributed by atoms with Crippen molar-refractivity contribution in [1.82, 2.24) is 5.32 Å². The van der Waals surface area contributed by atoms with Crippen molar-refractivity contribution in [2.24, 2.45) is 0 Å². The molecule has 1 N–H and O–H groups in total. The average molecular weight is 363 g/mol. The maximum atomic E-state index is 12.3.